The highest BCUT2D eigenvalue weighted by molar-refractivity contribution is 5.82. The highest BCUT2D eigenvalue weighted by Crippen LogP contribution is 2.33. The number of hydrogen-bond acceptors (Lipinski definition) is 5. The Bertz CT molecular complexity index is 935. The molecular formula is C16H10FNO4. The van der Waals surface area contributed by atoms with Crippen LogP contribution >= 0.6 is 0 Å². The van der Waals surface area contributed by atoms with Crippen LogP contribution in [0.5, 0.6) is 11.5 Å². The Balaban J connectivity index is 1.96. The highest BCUT2D eigenvalue weighted by atomic mass is 19.1. The van der Waals surface area contributed by atoms with E-state index in [1.807, 2.05) is 0 Å². The van der Waals surface area contributed by atoms with Crippen LogP contribution < -0.4 is 15.1 Å². The molecule has 1 aromatic heterocycles. The van der Waals surface area contributed by atoms with Crippen LogP contribution in [-0.2, 0) is 0 Å². The molecule has 4 rings (SSSR count). The number of ether oxygens (including phenoxy) is 2. The second kappa shape index (κ2) is 4.84. The normalized spacial score (nSPS) is 13.3. The number of nitrogens with zero attached hydrogens (tertiary/aromatic N) is 1. The average Bonchev–Trinajstić information content (AvgIpc) is 2.53. The van der Waals surface area contributed by atoms with Gasteiger partial charge in [-0.05, 0) is 12.1 Å². The molecule has 0 fully saturated rings. The molecule has 6 heteroatoms. The summed E-state index contributed by atoms with van der Waals surface area (Å²) in [4.78, 5) is 16.4. The lowest BCUT2D eigenvalue weighted by atomic mass is 10.2. The van der Waals surface area contributed by atoms with Gasteiger partial charge in [-0.3, -0.25) is 0 Å². The summed E-state index contributed by atoms with van der Waals surface area (Å²) in [7, 11) is 0. The van der Waals surface area contributed by atoms with Crippen molar-refractivity contribution in [3.8, 4) is 23.0 Å². The van der Waals surface area contributed by atoms with Gasteiger partial charge in [-0.1, -0.05) is 12.1 Å². The number of halogens is 1. The molecule has 0 unspecified atom stereocenters. The van der Waals surface area contributed by atoms with Crippen LogP contribution in [0, 0.1) is 5.82 Å². The van der Waals surface area contributed by atoms with E-state index in [4.69, 9.17) is 13.9 Å². The van der Waals surface area contributed by atoms with E-state index >= 15 is 0 Å². The summed E-state index contributed by atoms with van der Waals surface area (Å²) in [6, 6.07) is 9.13. The number of fused-ring (bicyclic) bond motifs is 2. The summed E-state index contributed by atoms with van der Waals surface area (Å²) < 4.78 is 29.9. The van der Waals surface area contributed by atoms with Crippen molar-refractivity contribution in [2.75, 3.05) is 13.2 Å². The molecule has 0 amide bonds. The standard InChI is InChI=1S/C16H10FNO4/c17-11-4-2-1-3-9(11)15-18-12-8-14-13(20-5-6-21-14)7-10(12)16(19)22-15/h1-4,7-8H,5-6H2. The van der Waals surface area contributed by atoms with Crippen LogP contribution in [-0.4, -0.2) is 18.2 Å². The molecule has 0 spiro atoms. The van der Waals surface area contributed by atoms with Crippen LogP contribution in [0.2, 0.25) is 0 Å². The number of rotatable bonds is 1. The fourth-order valence-corrected chi connectivity index (χ4v) is 2.36. The molecule has 2 aromatic carbocycles. The van der Waals surface area contributed by atoms with Gasteiger partial charge >= 0.3 is 5.63 Å². The van der Waals surface area contributed by atoms with E-state index in [1.165, 1.54) is 18.2 Å². The second-order valence-electron chi connectivity index (χ2n) is 4.80. The minimum absolute atomic E-state index is 0.0627. The minimum Gasteiger partial charge on any atom is -0.486 e. The van der Waals surface area contributed by atoms with Crippen molar-refractivity contribution >= 4 is 10.9 Å². The number of aromatic nitrogens is 1. The predicted molar refractivity (Wildman–Crippen MR) is 76.7 cm³/mol. The summed E-state index contributed by atoms with van der Waals surface area (Å²) in [5.41, 5.74) is -0.0876. The smallest absolute Gasteiger partial charge is 0.347 e. The molecule has 0 saturated heterocycles. The van der Waals surface area contributed by atoms with E-state index in [1.54, 1.807) is 18.2 Å². The lowest BCUT2D eigenvalue weighted by Gasteiger charge is -2.18. The average molecular weight is 299 g/mol. The van der Waals surface area contributed by atoms with Gasteiger partial charge in [-0.15, -0.1) is 0 Å². The van der Waals surface area contributed by atoms with E-state index in [0.29, 0.717) is 30.2 Å². The first kappa shape index (κ1) is 12.8. The van der Waals surface area contributed by atoms with E-state index in [0.717, 1.165) is 0 Å². The van der Waals surface area contributed by atoms with Gasteiger partial charge in [0.2, 0.25) is 5.89 Å². The van der Waals surface area contributed by atoms with Gasteiger partial charge in [0.1, 0.15) is 19.0 Å². The van der Waals surface area contributed by atoms with E-state index < -0.39 is 11.4 Å². The SMILES string of the molecule is O=c1oc(-c2ccccc2F)nc2cc3c(cc12)OCCO3. The molecular weight excluding hydrogens is 289 g/mol. The van der Waals surface area contributed by atoms with E-state index in [2.05, 4.69) is 4.98 Å². The zero-order valence-corrected chi connectivity index (χ0v) is 11.3. The van der Waals surface area contributed by atoms with Gasteiger partial charge in [0.15, 0.2) is 11.5 Å². The molecule has 0 atom stereocenters. The fraction of sp³-hybridized carbons (Fsp3) is 0.125. The van der Waals surface area contributed by atoms with Crippen molar-refractivity contribution in [3.63, 3.8) is 0 Å². The van der Waals surface area contributed by atoms with E-state index in [9.17, 15) is 9.18 Å². The second-order valence-corrected chi connectivity index (χ2v) is 4.80. The largest absolute Gasteiger partial charge is 0.486 e. The van der Waals surface area contributed by atoms with Crippen molar-refractivity contribution in [1.82, 2.24) is 4.98 Å². The van der Waals surface area contributed by atoms with Crippen LogP contribution in [0.25, 0.3) is 22.4 Å². The van der Waals surface area contributed by atoms with Crippen molar-refractivity contribution < 1.29 is 18.3 Å². The predicted octanol–water partition coefficient (Wildman–Crippen LogP) is 2.77. The zero-order valence-electron chi connectivity index (χ0n) is 11.3. The molecule has 3 aromatic rings. The third-order valence-electron chi connectivity index (χ3n) is 3.40. The van der Waals surface area contributed by atoms with Gasteiger partial charge in [0.05, 0.1) is 16.5 Å². The summed E-state index contributed by atoms with van der Waals surface area (Å²) in [6.07, 6.45) is 0. The fourth-order valence-electron chi connectivity index (χ4n) is 2.36. The summed E-state index contributed by atoms with van der Waals surface area (Å²) in [6.45, 7) is 0.852. The van der Waals surface area contributed by atoms with Gasteiger partial charge in [-0.2, -0.15) is 0 Å². The van der Waals surface area contributed by atoms with E-state index in [-0.39, 0.29) is 16.8 Å². The summed E-state index contributed by atoms with van der Waals surface area (Å²) in [5, 5.41) is 0.268. The highest BCUT2D eigenvalue weighted by Gasteiger charge is 2.17. The maximum Gasteiger partial charge on any atom is 0.347 e. The monoisotopic (exact) mass is 299 g/mol. The lowest BCUT2D eigenvalue weighted by Crippen LogP contribution is -2.16. The topological polar surface area (TPSA) is 61.6 Å². The Morgan fingerprint density at radius 2 is 1.77 bits per heavy atom. The van der Waals surface area contributed by atoms with Crippen molar-refractivity contribution in [2.45, 2.75) is 0 Å². The first-order valence-corrected chi connectivity index (χ1v) is 6.72. The molecule has 2 heterocycles. The third-order valence-corrected chi connectivity index (χ3v) is 3.40. The molecule has 0 radical (unpaired) electrons. The third kappa shape index (κ3) is 2.00. The number of hydrogen-bond donors (Lipinski definition) is 0. The molecule has 0 saturated carbocycles. The number of benzene rings is 2. The lowest BCUT2D eigenvalue weighted by molar-refractivity contribution is 0.172. The maximum atomic E-state index is 13.8. The molecule has 1 aliphatic heterocycles. The molecule has 5 nitrogen and oxygen atoms in total. The molecule has 0 aliphatic carbocycles. The van der Waals surface area contributed by atoms with Crippen molar-refractivity contribution in [2.24, 2.45) is 0 Å². The van der Waals surface area contributed by atoms with Crippen molar-refractivity contribution in [3.05, 3.63) is 52.6 Å². The summed E-state index contributed by atoms with van der Waals surface area (Å²) in [5.74, 6) is 0.421. The van der Waals surface area contributed by atoms with Crippen molar-refractivity contribution in [1.29, 1.82) is 0 Å². The van der Waals surface area contributed by atoms with Gasteiger partial charge in [-0.25, -0.2) is 14.2 Å². The van der Waals surface area contributed by atoms with Crippen LogP contribution in [0.15, 0.2) is 45.6 Å². The minimum atomic E-state index is -0.597. The van der Waals surface area contributed by atoms with Crippen LogP contribution in [0.4, 0.5) is 4.39 Å². The first-order valence-electron chi connectivity index (χ1n) is 6.72. The molecule has 0 bridgehead atoms. The summed E-state index contributed by atoms with van der Waals surface area (Å²) >= 11 is 0. The Kier molecular flexibility index (Phi) is 2.82. The van der Waals surface area contributed by atoms with Gasteiger partial charge in [0, 0.05) is 12.1 Å². The molecule has 22 heavy (non-hydrogen) atoms. The Hall–Kier alpha value is -2.89. The first-order chi connectivity index (χ1) is 10.7. The zero-order chi connectivity index (χ0) is 15.1. The quantitative estimate of drug-likeness (QED) is 0.691. The molecule has 110 valence electrons. The Labute approximate surface area is 123 Å². The van der Waals surface area contributed by atoms with Crippen LogP contribution in [0.3, 0.4) is 0 Å². The Morgan fingerprint density at radius 3 is 2.55 bits per heavy atom. The van der Waals surface area contributed by atoms with Gasteiger partial charge in [0.25, 0.3) is 0 Å². The molecule has 0 N–H and O–H groups in total. The van der Waals surface area contributed by atoms with Crippen LogP contribution in [0.1, 0.15) is 0 Å². The van der Waals surface area contributed by atoms with Gasteiger partial charge < -0.3 is 13.9 Å². The Morgan fingerprint density at radius 1 is 1.05 bits per heavy atom. The maximum absolute atomic E-state index is 13.8. The molecule has 1 aliphatic rings.